The molecule has 1 aliphatic heterocycles. The molecule has 0 bridgehead atoms. The summed E-state index contributed by atoms with van der Waals surface area (Å²) in [5, 5.41) is 10.2. The lowest BCUT2D eigenvalue weighted by Gasteiger charge is -2.15. The predicted octanol–water partition coefficient (Wildman–Crippen LogP) is 2.71. The third-order valence-electron chi connectivity index (χ3n) is 4.39. The molecule has 0 spiro atoms. The van der Waals surface area contributed by atoms with Gasteiger partial charge in [0.2, 0.25) is 0 Å². The third kappa shape index (κ3) is 4.43. The molecule has 0 aliphatic carbocycles. The molecule has 2 N–H and O–H groups in total. The second-order valence-corrected chi connectivity index (χ2v) is 6.61. The van der Waals surface area contributed by atoms with Crippen LogP contribution in [0.5, 0.6) is 11.5 Å². The largest absolute Gasteiger partial charge is 0.493 e. The highest BCUT2D eigenvalue weighted by Gasteiger charge is 2.34. The number of carbonyl (C=O) groups excluding carboxylic acids is 2. The molecule has 3 rings (SSSR count). The second kappa shape index (κ2) is 9.13. The normalized spacial score (nSPS) is 14.7. The zero-order chi connectivity index (χ0) is 21.7. The van der Waals surface area contributed by atoms with Gasteiger partial charge in [0.1, 0.15) is 17.1 Å². The summed E-state index contributed by atoms with van der Waals surface area (Å²) in [5.41, 5.74) is 3.97. The molecule has 8 heteroatoms. The Hall–Kier alpha value is -3.81. The summed E-state index contributed by atoms with van der Waals surface area (Å²) in [7, 11) is 0. The zero-order valence-corrected chi connectivity index (χ0v) is 16.7. The number of ether oxygens (including phenoxy) is 2. The van der Waals surface area contributed by atoms with Crippen LogP contribution in [0.25, 0.3) is 6.08 Å². The standard InChI is InChI=1S/C22H22N2O6/c1-3-11-29-18-10-9-15(20(14(18)2)30-13-19(25)26)12-17-21(27)23-24(22(17)28)16-7-5-4-6-8-16/h4-10,12H,3,11,13H2,1-2H3,(H,23,27)(H,25,26)/b17-12-. The number of anilines is 1. The van der Waals surface area contributed by atoms with E-state index in [1.54, 1.807) is 49.4 Å². The monoisotopic (exact) mass is 410 g/mol. The number of nitrogens with zero attached hydrogens (tertiary/aromatic N) is 1. The van der Waals surface area contributed by atoms with E-state index in [2.05, 4.69) is 5.43 Å². The number of carboxylic acid groups (broad SMARTS) is 1. The summed E-state index contributed by atoms with van der Waals surface area (Å²) in [6, 6.07) is 12.1. The molecule has 8 nitrogen and oxygen atoms in total. The third-order valence-corrected chi connectivity index (χ3v) is 4.39. The van der Waals surface area contributed by atoms with Crippen molar-refractivity contribution in [3.8, 4) is 11.5 Å². The van der Waals surface area contributed by atoms with Crippen molar-refractivity contribution >= 4 is 29.5 Å². The predicted molar refractivity (Wildman–Crippen MR) is 110 cm³/mol. The van der Waals surface area contributed by atoms with Gasteiger partial charge in [0.25, 0.3) is 11.8 Å². The minimum absolute atomic E-state index is 0.0827. The number of nitrogens with one attached hydrogen (secondary N) is 1. The van der Waals surface area contributed by atoms with E-state index in [1.165, 1.54) is 6.08 Å². The van der Waals surface area contributed by atoms with Gasteiger partial charge >= 0.3 is 5.97 Å². The van der Waals surface area contributed by atoms with Gasteiger partial charge in [0.05, 0.1) is 12.3 Å². The Kier molecular flexibility index (Phi) is 6.36. The lowest BCUT2D eigenvalue weighted by Crippen LogP contribution is -2.35. The number of hydrogen-bond donors (Lipinski definition) is 2. The van der Waals surface area contributed by atoms with Gasteiger partial charge in [-0.15, -0.1) is 0 Å². The van der Waals surface area contributed by atoms with E-state index in [4.69, 9.17) is 14.6 Å². The average molecular weight is 410 g/mol. The van der Waals surface area contributed by atoms with Crippen LogP contribution in [0.3, 0.4) is 0 Å². The molecule has 2 amide bonds. The molecule has 1 fully saturated rings. The van der Waals surface area contributed by atoms with Crippen LogP contribution in [0, 0.1) is 6.92 Å². The van der Waals surface area contributed by atoms with Crippen molar-refractivity contribution in [2.24, 2.45) is 0 Å². The fourth-order valence-corrected chi connectivity index (χ4v) is 2.97. The van der Waals surface area contributed by atoms with E-state index in [0.29, 0.717) is 29.2 Å². The van der Waals surface area contributed by atoms with Crippen LogP contribution < -0.4 is 19.9 Å². The van der Waals surface area contributed by atoms with Gasteiger partial charge < -0.3 is 14.6 Å². The summed E-state index contributed by atoms with van der Waals surface area (Å²) in [6.07, 6.45) is 2.20. The van der Waals surface area contributed by atoms with Crippen LogP contribution in [0.1, 0.15) is 24.5 Å². The lowest BCUT2D eigenvalue weighted by molar-refractivity contribution is -0.139. The number of carbonyl (C=O) groups is 3. The Labute approximate surface area is 173 Å². The fraction of sp³-hybridized carbons (Fsp3) is 0.227. The maximum Gasteiger partial charge on any atom is 0.341 e. The first kappa shape index (κ1) is 20.9. The van der Waals surface area contributed by atoms with Gasteiger partial charge in [-0.1, -0.05) is 25.1 Å². The molecule has 30 heavy (non-hydrogen) atoms. The van der Waals surface area contributed by atoms with E-state index in [9.17, 15) is 14.4 Å². The lowest BCUT2D eigenvalue weighted by atomic mass is 10.0. The summed E-state index contributed by atoms with van der Waals surface area (Å²) in [5.74, 6) is -1.42. The molecule has 0 radical (unpaired) electrons. The molecule has 0 unspecified atom stereocenters. The van der Waals surface area contributed by atoms with Crippen LogP contribution in [0.4, 0.5) is 5.69 Å². The van der Waals surface area contributed by atoms with Gasteiger partial charge in [-0.3, -0.25) is 15.0 Å². The minimum Gasteiger partial charge on any atom is -0.493 e. The number of para-hydroxylation sites is 1. The van der Waals surface area contributed by atoms with Gasteiger partial charge in [0.15, 0.2) is 6.61 Å². The van der Waals surface area contributed by atoms with E-state index in [0.717, 1.165) is 11.4 Å². The molecule has 1 heterocycles. The zero-order valence-electron chi connectivity index (χ0n) is 16.7. The van der Waals surface area contributed by atoms with Crippen molar-refractivity contribution in [2.75, 3.05) is 18.2 Å². The Morgan fingerprint density at radius 1 is 1.13 bits per heavy atom. The highest BCUT2D eigenvalue weighted by molar-refractivity contribution is 6.31. The smallest absolute Gasteiger partial charge is 0.341 e. The topological polar surface area (TPSA) is 105 Å². The highest BCUT2D eigenvalue weighted by atomic mass is 16.5. The molecule has 1 aliphatic rings. The Morgan fingerprint density at radius 2 is 1.87 bits per heavy atom. The first-order valence-corrected chi connectivity index (χ1v) is 9.45. The fourth-order valence-electron chi connectivity index (χ4n) is 2.97. The average Bonchev–Trinajstić information content (AvgIpc) is 3.01. The summed E-state index contributed by atoms with van der Waals surface area (Å²) < 4.78 is 11.1. The van der Waals surface area contributed by atoms with Crippen LogP contribution >= 0.6 is 0 Å². The molecular weight excluding hydrogens is 388 g/mol. The summed E-state index contributed by atoms with van der Waals surface area (Å²) >= 11 is 0. The maximum absolute atomic E-state index is 12.8. The Morgan fingerprint density at radius 3 is 2.53 bits per heavy atom. The highest BCUT2D eigenvalue weighted by Crippen LogP contribution is 2.34. The van der Waals surface area contributed by atoms with Crippen LogP contribution in [-0.2, 0) is 14.4 Å². The van der Waals surface area contributed by atoms with Gasteiger partial charge in [0, 0.05) is 11.1 Å². The molecular formula is C22H22N2O6. The molecule has 0 aromatic heterocycles. The molecule has 0 atom stereocenters. The molecule has 0 saturated carbocycles. The van der Waals surface area contributed by atoms with Gasteiger partial charge in [-0.25, -0.2) is 9.80 Å². The number of benzene rings is 2. The van der Waals surface area contributed by atoms with Crippen molar-refractivity contribution in [2.45, 2.75) is 20.3 Å². The number of amides is 2. The SMILES string of the molecule is CCCOc1ccc(/C=C2/C(=O)NN(c3ccccc3)C2=O)c(OCC(=O)O)c1C. The van der Waals surface area contributed by atoms with Crippen molar-refractivity contribution in [3.63, 3.8) is 0 Å². The van der Waals surface area contributed by atoms with Crippen molar-refractivity contribution < 1.29 is 29.0 Å². The number of rotatable bonds is 8. The van der Waals surface area contributed by atoms with Crippen molar-refractivity contribution in [3.05, 3.63) is 59.2 Å². The molecule has 2 aromatic carbocycles. The van der Waals surface area contributed by atoms with Gasteiger partial charge in [-0.2, -0.15) is 0 Å². The maximum atomic E-state index is 12.8. The van der Waals surface area contributed by atoms with E-state index in [-0.39, 0.29) is 11.3 Å². The first-order chi connectivity index (χ1) is 14.4. The number of hydrogen-bond acceptors (Lipinski definition) is 5. The van der Waals surface area contributed by atoms with E-state index < -0.39 is 24.4 Å². The summed E-state index contributed by atoms with van der Waals surface area (Å²) in [6.45, 7) is 3.63. The van der Waals surface area contributed by atoms with E-state index in [1.807, 2.05) is 6.92 Å². The summed E-state index contributed by atoms with van der Waals surface area (Å²) in [4.78, 5) is 36.3. The molecule has 156 valence electrons. The van der Waals surface area contributed by atoms with Crippen LogP contribution in [0.2, 0.25) is 0 Å². The van der Waals surface area contributed by atoms with Crippen LogP contribution in [-0.4, -0.2) is 36.1 Å². The number of aliphatic carboxylic acids is 1. The Bertz CT molecular complexity index is 1000. The van der Waals surface area contributed by atoms with Crippen molar-refractivity contribution in [1.82, 2.24) is 5.43 Å². The quantitative estimate of drug-likeness (QED) is 0.512. The molecule has 1 saturated heterocycles. The van der Waals surface area contributed by atoms with E-state index >= 15 is 0 Å². The van der Waals surface area contributed by atoms with Gasteiger partial charge in [-0.05, 0) is 43.7 Å². The number of hydrazine groups is 1. The van der Waals surface area contributed by atoms with Crippen molar-refractivity contribution in [1.29, 1.82) is 0 Å². The second-order valence-electron chi connectivity index (χ2n) is 6.61. The molecule has 2 aromatic rings. The van der Waals surface area contributed by atoms with Crippen LogP contribution in [0.15, 0.2) is 48.0 Å². The first-order valence-electron chi connectivity index (χ1n) is 9.45. The minimum atomic E-state index is -1.14. The number of carboxylic acids is 1. The Balaban J connectivity index is 1.98.